The largest absolute Gasteiger partial charge is 0.481 e. The molecule has 3 nitrogen and oxygen atoms in total. The molecule has 0 aliphatic carbocycles. The normalized spacial score (nSPS) is 10.3. The number of carbonyl (C=O) groups excluding carboxylic acids is 1. The lowest BCUT2D eigenvalue weighted by atomic mass is 10.1. The molecule has 0 saturated carbocycles. The molecule has 0 N–H and O–H groups in total. The first-order valence-electron chi connectivity index (χ1n) is 4.65. The summed E-state index contributed by atoms with van der Waals surface area (Å²) in [5.74, 6) is 0.644. The molecular formula is C12H11NO2. The predicted molar refractivity (Wildman–Crippen MR) is 58.3 cm³/mol. The van der Waals surface area contributed by atoms with E-state index in [4.69, 9.17) is 4.74 Å². The Hall–Kier alpha value is -1.90. The van der Waals surface area contributed by atoms with Gasteiger partial charge in [0.05, 0.1) is 7.11 Å². The third-order valence-corrected chi connectivity index (χ3v) is 2.31. The molecule has 0 atom stereocenters. The quantitative estimate of drug-likeness (QED) is 0.700. The number of hydrogen-bond acceptors (Lipinski definition) is 3. The molecule has 1 heterocycles. The topological polar surface area (TPSA) is 39.2 Å². The van der Waals surface area contributed by atoms with Gasteiger partial charge in [0.15, 0.2) is 5.78 Å². The van der Waals surface area contributed by atoms with Crippen LogP contribution in [0.4, 0.5) is 0 Å². The molecule has 0 unspecified atom stereocenters. The summed E-state index contributed by atoms with van der Waals surface area (Å²) >= 11 is 0. The molecule has 3 heteroatoms. The minimum atomic E-state index is 0.0627. The molecule has 2 aromatic rings. The first kappa shape index (κ1) is 9.65. The van der Waals surface area contributed by atoms with Crippen molar-refractivity contribution in [2.75, 3.05) is 7.11 Å². The van der Waals surface area contributed by atoms with Crippen LogP contribution >= 0.6 is 0 Å². The van der Waals surface area contributed by atoms with Crippen LogP contribution in [0.5, 0.6) is 5.88 Å². The summed E-state index contributed by atoms with van der Waals surface area (Å²) in [6, 6.07) is 7.39. The van der Waals surface area contributed by atoms with Gasteiger partial charge in [0.1, 0.15) is 0 Å². The van der Waals surface area contributed by atoms with Gasteiger partial charge in [-0.25, -0.2) is 4.98 Å². The van der Waals surface area contributed by atoms with Crippen LogP contribution in [0.25, 0.3) is 10.8 Å². The monoisotopic (exact) mass is 201 g/mol. The van der Waals surface area contributed by atoms with Gasteiger partial charge in [-0.1, -0.05) is 12.1 Å². The third-order valence-electron chi connectivity index (χ3n) is 2.31. The highest BCUT2D eigenvalue weighted by Gasteiger charge is 2.02. The highest BCUT2D eigenvalue weighted by atomic mass is 16.5. The molecule has 76 valence electrons. The Morgan fingerprint density at radius 2 is 2.07 bits per heavy atom. The maximum Gasteiger partial charge on any atom is 0.213 e. The van der Waals surface area contributed by atoms with Crippen LogP contribution in [-0.2, 0) is 0 Å². The lowest BCUT2D eigenvalue weighted by Crippen LogP contribution is -1.92. The zero-order valence-corrected chi connectivity index (χ0v) is 8.65. The summed E-state index contributed by atoms with van der Waals surface area (Å²) < 4.78 is 5.02. The van der Waals surface area contributed by atoms with Crippen molar-refractivity contribution < 1.29 is 9.53 Å². The summed E-state index contributed by atoms with van der Waals surface area (Å²) in [6.45, 7) is 1.55. The Bertz CT molecular complexity index is 520. The number of pyridine rings is 1. The minimum absolute atomic E-state index is 0.0627. The molecule has 1 aromatic carbocycles. The predicted octanol–water partition coefficient (Wildman–Crippen LogP) is 2.45. The number of benzene rings is 1. The fraction of sp³-hybridized carbons (Fsp3) is 0.167. The number of ketones is 1. The van der Waals surface area contributed by atoms with Crippen molar-refractivity contribution in [3.8, 4) is 5.88 Å². The van der Waals surface area contributed by atoms with E-state index in [9.17, 15) is 4.79 Å². The summed E-state index contributed by atoms with van der Waals surface area (Å²) in [6.07, 6.45) is 1.71. The van der Waals surface area contributed by atoms with Gasteiger partial charge in [-0.3, -0.25) is 4.79 Å². The Morgan fingerprint density at radius 1 is 1.27 bits per heavy atom. The lowest BCUT2D eigenvalue weighted by Gasteiger charge is -2.02. The van der Waals surface area contributed by atoms with Gasteiger partial charge < -0.3 is 4.74 Å². The van der Waals surface area contributed by atoms with Crippen molar-refractivity contribution in [1.82, 2.24) is 4.98 Å². The smallest absolute Gasteiger partial charge is 0.213 e. The highest BCUT2D eigenvalue weighted by Crippen LogP contribution is 2.19. The zero-order valence-electron chi connectivity index (χ0n) is 8.65. The summed E-state index contributed by atoms with van der Waals surface area (Å²) in [5, 5.41) is 1.97. The maximum absolute atomic E-state index is 11.2. The fourth-order valence-corrected chi connectivity index (χ4v) is 1.45. The van der Waals surface area contributed by atoms with Crippen LogP contribution in [0, 0.1) is 0 Å². The standard InChI is InChI=1S/C12H11NO2/c1-8(14)9-3-4-10-6-12(15-2)13-7-11(10)5-9/h3-7H,1-2H3. The molecule has 0 radical (unpaired) electrons. The molecule has 2 rings (SSSR count). The lowest BCUT2D eigenvalue weighted by molar-refractivity contribution is 0.101. The van der Waals surface area contributed by atoms with E-state index in [0.717, 1.165) is 10.8 Å². The van der Waals surface area contributed by atoms with E-state index >= 15 is 0 Å². The average Bonchev–Trinajstić information content (AvgIpc) is 2.27. The first-order valence-corrected chi connectivity index (χ1v) is 4.65. The van der Waals surface area contributed by atoms with Crippen LogP contribution in [-0.4, -0.2) is 17.9 Å². The van der Waals surface area contributed by atoms with Crippen molar-refractivity contribution in [2.45, 2.75) is 6.92 Å². The number of fused-ring (bicyclic) bond motifs is 1. The number of aromatic nitrogens is 1. The minimum Gasteiger partial charge on any atom is -0.481 e. The molecule has 0 spiro atoms. The third kappa shape index (κ3) is 1.81. The molecular weight excluding hydrogens is 190 g/mol. The molecule has 15 heavy (non-hydrogen) atoms. The van der Waals surface area contributed by atoms with Crippen molar-refractivity contribution in [3.63, 3.8) is 0 Å². The Morgan fingerprint density at radius 3 is 2.73 bits per heavy atom. The van der Waals surface area contributed by atoms with Crippen molar-refractivity contribution in [2.24, 2.45) is 0 Å². The van der Waals surface area contributed by atoms with E-state index in [-0.39, 0.29) is 5.78 Å². The number of carbonyl (C=O) groups is 1. The van der Waals surface area contributed by atoms with E-state index < -0.39 is 0 Å². The van der Waals surface area contributed by atoms with Crippen LogP contribution in [0.15, 0.2) is 30.5 Å². The van der Waals surface area contributed by atoms with E-state index in [1.807, 2.05) is 24.3 Å². The molecule has 0 aliphatic heterocycles. The molecule has 0 bridgehead atoms. The molecule has 0 saturated heterocycles. The second-order valence-electron chi connectivity index (χ2n) is 3.34. The second-order valence-corrected chi connectivity index (χ2v) is 3.34. The molecule has 0 amide bonds. The Balaban J connectivity index is 2.59. The van der Waals surface area contributed by atoms with E-state index in [1.165, 1.54) is 0 Å². The zero-order chi connectivity index (χ0) is 10.8. The summed E-state index contributed by atoms with van der Waals surface area (Å²) in [7, 11) is 1.58. The van der Waals surface area contributed by atoms with Gasteiger partial charge in [-0.2, -0.15) is 0 Å². The van der Waals surface area contributed by atoms with Crippen LogP contribution in [0.3, 0.4) is 0 Å². The van der Waals surface area contributed by atoms with Crippen molar-refractivity contribution in [3.05, 3.63) is 36.0 Å². The van der Waals surface area contributed by atoms with Crippen molar-refractivity contribution >= 4 is 16.6 Å². The van der Waals surface area contributed by atoms with Gasteiger partial charge >= 0.3 is 0 Å². The van der Waals surface area contributed by atoms with E-state index in [0.29, 0.717) is 11.4 Å². The SMILES string of the molecule is COc1cc2ccc(C(C)=O)cc2cn1. The van der Waals surface area contributed by atoms with Crippen LogP contribution in [0.1, 0.15) is 17.3 Å². The van der Waals surface area contributed by atoms with Gasteiger partial charge in [0, 0.05) is 23.2 Å². The second kappa shape index (κ2) is 3.69. The maximum atomic E-state index is 11.2. The fourth-order valence-electron chi connectivity index (χ4n) is 1.45. The molecule has 0 fully saturated rings. The van der Waals surface area contributed by atoms with E-state index in [2.05, 4.69) is 4.98 Å². The van der Waals surface area contributed by atoms with E-state index in [1.54, 1.807) is 20.2 Å². The van der Waals surface area contributed by atoms with Gasteiger partial charge in [-0.15, -0.1) is 0 Å². The molecule has 1 aromatic heterocycles. The number of rotatable bonds is 2. The van der Waals surface area contributed by atoms with Gasteiger partial charge in [0.2, 0.25) is 5.88 Å². The van der Waals surface area contributed by atoms with Gasteiger partial charge in [0.25, 0.3) is 0 Å². The number of hydrogen-bond donors (Lipinski definition) is 0. The number of methoxy groups -OCH3 is 1. The van der Waals surface area contributed by atoms with Gasteiger partial charge in [-0.05, 0) is 18.4 Å². The number of Topliss-reactive ketones (excluding diaryl/α,β-unsaturated/α-hetero) is 1. The number of nitrogens with zero attached hydrogens (tertiary/aromatic N) is 1. The van der Waals surface area contributed by atoms with Crippen LogP contribution < -0.4 is 4.74 Å². The Kier molecular flexibility index (Phi) is 2.37. The summed E-state index contributed by atoms with van der Waals surface area (Å²) in [5.41, 5.74) is 0.703. The Labute approximate surface area is 87.7 Å². The highest BCUT2D eigenvalue weighted by molar-refractivity contribution is 5.98. The number of ether oxygens (including phenoxy) is 1. The van der Waals surface area contributed by atoms with Crippen molar-refractivity contribution in [1.29, 1.82) is 0 Å². The first-order chi connectivity index (χ1) is 7.20. The van der Waals surface area contributed by atoms with Crippen LogP contribution in [0.2, 0.25) is 0 Å². The average molecular weight is 201 g/mol. The summed E-state index contributed by atoms with van der Waals surface area (Å²) in [4.78, 5) is 15.3. The molecule has 0 aliphatic rings.